The molecule has 5 rings (SSSR count). The molecule has 8 nitrogen and oxygen atoms in total. The fraction of sp³-hybridized carbons (Fsp3) is 0.417. The van der Waals surface area contributed by atoms with E-state index >= 15 is 0 Å². The first kappa shape index (κ1) is 20.5. The van der Waals surface area contributed by atoms with Crippen molar-refractivity contribution in [2.24, 2.45) is 11.8 Å². The summed E-state index contributed by atoms with van der Waals surface area (Å²) in [6, 6.07) is 14.0. The zero-order valence-electron chi connectivity index (χ0n) is 18.1. The van der Waals surface area contributed by atoms with Crippen LogP contribution in [0.1, 0.15) is 37.4 Å². The number of hydrogen-bond donors (Lipinski definition) is 1. The standard InChI is InChI=1S/C24H27N5O3/c1-31-19-9-7-17(8-10-19)22-27-24(32-28-22)29-14-11-18(12-15-29)23(30)26-21(16-5-6-16)20-4-2-3-13-25-20/h2-4,7-10,13,16,18,21H,5-6,11-12,14-15H2,1H3,(H,26,30). The zero-order chi connectivity index (χ0) is 21.9. The predicted molar refractivity (Wildman–Crippen MR) is 119 cm³/mol. The van der Waals surface area contributed by atoms with Gasteiger partial charge in [0, 0.05) is 30.8 Å². The summed E-state index contributed by atoms with van der Waals surface area (Å²) in [6.07, 6.45) is 5.60. The molecule has 1 unspecified atom stereocenters. The topological polar surface area (TPSA) is 93.4 Å². The number of rotatable bonds is 7. The number of carbonyl (C=O) groups is 1. The minimum absolute atomic E-state index is 0.0137. The van der Waals surface area contributed by atoms with Crippen molar-refractivity contribution >= 4 is 11.9 Å². The van der Waals surface area contributed by atoms with Gasteiger partial charge in [0.05, 0.1) is 18.8 Å². The van der Waals surface area contributed by atoms with E-state index in [1.807, 2.05) is 42.5 Å². The van der Waals surface area contributed by atoms with Gasteiger partial charge in [-0.2, -0.15) is 4.98 Å². The summed E-state index contributed by atoms with van der Waals surface area (Å²) in [7, 11) is 1.63. The van der Waals surface area contributed by atoms with Crippen LogP contribution in [-0.2, 0) is 4.79 Å². The summed E-state index contributed by atoms with van der Waals surface area (Å²) < 4.78 is 10.7. The van der Waals surface area contributed by atoms with Gasteiger partial charge in [-0.15, -0.1) is 0 Å². The third-order valence-corrected chi connectivity index (χ3v) is 6.30. The molecule has 32 heavy (non-hydrogen) atoms. The van der Waals surface area contributed by atoms with Crippen LogP contribution >= 0.6 is 0 Å². The number of anilines is 1. The lowest BCUT2D eigenvalue weighted by Crippen LogP contribution is -2.42. The van der Waals surface area contributed by atoms with E-state index in [9.17, 15) is 4.79 Å². The average Bonchev–Trinajstić information content (AvgIpc) is 3.58. The van der Waals surface area contributed by atoms with Crippen LogP contribution in [-0.4, -0.2) is 41.2 Å². The third-order valence-electron chi connectivity index (χ3n) is 6.30. The van der Waals surface area contributed by atoms with Crippen molar-refractivity contribution in [3.8, 4) is 17.1 Å². The molecule has 0 spiro atoms. The van der Waals surface area contributed by atoms with Gasteiger partial charge in [0.1, 0.15) is 5.75 Å². The van der Waals surface area contributed by atoms with Crippen LogP contribution in [0.4, 0.5) is 6.01 Å². The maximum Gasteiger partial charge on any atom is 0.324 e. The summed E-state index contributed by atoms with van der Waals surface area (Å²) in [6.45, 7) is 1.42. The summed E-state index contributed by atoms with van der Waals surface area (Å²) in [5.41, 5.74) is 1.83. The van der Waals surface area contributed by atoms with Gasteiger partial charge in [0.15, 0.2) is 0 Å². The highest BCUT2D eigenvalue weighted by Crippen LogP contribution is 2.40. The fourth-order valence-electron chi connectivity index (χ4n) is 4.23. The van der Waals surface area contributed by atoms with E-state index in [2.05, 4.69) is 25.3 Å². The molecule has 166 valence electrons. The molecule has 3 aromatic rings. The molecule has 2 aliphatic rings. The van der Waals surface area contributed by atoms with Crippen molar-refractivity contribution in [2.75, 3.05) is 25.1 Å². The number of aromatic nitrogens is 3. The second kappa shape index (κ2) is 8.98. The highest BCUT2D eigenvalue weighted by molar-refractivity contribution is 5.79. The molecule has 0 radical (unpaired) electrons. The minimum atomic E-state index is -0.0137. The molecule has 1 saturated heterocycles. The molecule has 1 N–H and O–H groups in total. The first-order valence-corrected chi connectivity index (χ1v) is 11.2. The van der Waals surface area contributed by atoms with Crippen LogP contribution in [0.15, 0.2) is 53.2 Å². The van der Waals surface area contributed by atoms with Crippen molar-refractivity contribution in [1.82, 2.24) is 20.4 Å². The molecule has 3 heterocycles. The number of methoxy groups -OCH3 is 1. The van der Waals surface area contributed by atoms with E-state index in [0.717, 1.165) is 42.7 Å². The Morgan fingerprint density at radius 3 is 2.56 bits per heavy atom. The van der Waals surface area contributed by atoms with Gasteiger partial charge >= 0.3 is 6.01 Å². The smallest absolute Gasteiger partial charge is 0.324 e. The maximum absolute atomic E-state index is 13.0. The van der Waals surface area contributed by atoms with Gasteiger partial charge in [-0.25, -0.2) is 0 Å². The molecular weight excluding hydrogens is 406 g/mol. The van der Waals surface area contributed by atoms with Crippen LogP contribution in [0.3, 0.4) is 0 Å². The maximum atomic E-state index is 13.0. The third kappa shape index (κ3) is 4.44. The second-order valence-corrected chi connectivity index (χ2v) is 8.47. The molecule has 1 atom stereocenters. The second-order valence-electron chi connectivity index (χ2n) is 8.47. The van der Waals surface area contributed by atoms with Crippen molar-refractivity contribution < 1.29 is 14.1 Å². The summed E-state index contributed by atoms with van der Waals surface area (Å²) in [5, 5.41) is 7.39. The van der Waals surface area contributed by atoms with Gasteiger partial charge in [-0.05, 0) is 68.0 Å². The Morgan fingerprint density at radius 2 is 1.91 bits per heavy atom. The summed E-state index contributed by atoms with van der Waals surface area (Å²) in [4.78, 5) is 24.1. The monoisotopic (exact) mass is 433 g/mol. The van der Waals surface area contributed by atoms with Crippen LogP contribution in [0.2, 0.25) is 0 Å². The molecule has 1 saturated carbocycles. The predicted octanol–water partition coefficient (Wildman–Crippen LogP) is 3.62. The molecule has 1 aliphatic heterocycles. The lowest BCUT2D eigenvalue weighted by molar-refractivity contribution is -0.126. The number of piperidine rings is 1. The van der Waals surface area contributed by atoms with Gasteiger partial charge in [-0.1, -0.05) is 11.2 Å². The summed E-state index contributed by atoms with van der Waals surface area (Å²) >= 11 is 0. The molecule has 8 heteroatoms. The Bertz CT molecular complexity index is 1040. The van der Waals surface area contributed by atoms with E-state index in [4.69, 9.17) is 9.26 Å². The molecule has 1 aromatic carbocycles. The number of hydrogen-bond acceptors (Lipinski definition) is 7. The normalized spacial score (nSPS) is 17.7. The Kier molecular flexibility index (Phi) is 5.75. The number of carbonyl (C=O) groups excluding carboxylic acids is 1. The zero-order valence-corrected chi connectivity index (χ0v) is 18.1. The Labute approximate surface area is 187 Å². The molecular formula is C24H27N5O3. The van der Waals surface area contributed by atoms with Crippen LogP contribution in [0.25, 0.3) is 11.4 Å². The lowest BCUT2D eigenvalue weighted by atomic mass is 9.95. The van der Waals surface area contributed by atoms with Crippen molar-refractivity contribution in [3.63, 3.8) is 0 Å². The number of nitrogens with zero attached hydrogens (tertiary/aromatic N) is 4. The van der Waals surface area contributed by atoms with Crippen LogP contribution in [0.5, 0.6) is 5.75 Å². The van der Waals surface area contributed by atoms with Gasteiger partial charge < -0.3 is 19.5 Å². The van der Waals surface area contributed by atoms with Crippen molar-refractivity contribution in [1.29, 1.82) is 0 Å². The Balaban J connectivity index is 1.18. The van der Waals surface area contributed by atoms with E-state index in [1.165, 1.54) is 0 Å². The number of ether oxygens (including phenoxy) is 1. The van der Waals surface area contributed by atoms with Crippen LogP contribution in [0, 0.1) is 11.8 Å². The average molecular weight is 434 g/mol. The lowest BCUT2D eigenvalue weighted by Gasteiger charge is -2.30. The van der Waals surface area contributed by atoms with E-state index in [0.29, 0.717) is 30.8 Å². The van der Waals surface area contributed by atoms with Crippen molar-refractivity contribution in [3.05, 3.63) is 54.4 Å². The van der Waals surface area contributed by atoms with Gasteiger partial charge in [0.25, 0.3) is 0 Å². The molecule has 2 fully saturated rings. The van der Waals surface area contributed by atoms with Crippen LogP contribution < -0.4 is 15.0 Å². The number of benzene rings is 1. The molecule has 1 amide bonds. The van der Waals surface area contributed by atoms with E-state index < -0.39 is 0 Å². The number of nitrogens with one attached hydrogen (secondary N) is 1. The number of pyridine rings is 1. The van der Waals surface area contributed by atoms with Gasteiger partial charge in [0.2, 0.25) is 11.7 Å². The molecule has 2 aromatic heterocycles. The Morgan fingerprint density at radius 1 is 1.12 bits per heavy atom. The number of amides is 1. The van der Waals surface area contributed by atoms with E-state index in [-0.39, 0.29) is 17.9 Å². The summed E-state index contributed by atoms with van der Waals surface area (Å²) in [5.74, 6) is 1.94. The van der Waals surface area contributed by atoms with E-state index in [1.54, 1.807) is 13.3 Å². The first-order chi connectivity index (χ1) is 15.7. The Hall–Kier alpha value is -3.42. The van der Waals surface area contributed by atoms with Crippen molar-refractivity contribution in [2.45, 2.75) is 31.7 Å². The largest absolute Gasteiger partial charge is 0.497 e. The molecule has 0 bridgehead atoms. The van der Waals surface area contributed by atoms with Gasteiger partial charge in [-0.3, -0.25) is 9.78 Å². The minimum Gasteiger partial charge on any atom is -0.497 e. The highest BCUT2D eigenvalue weighted by atomic mass is 16.5. The quantitative estimate of drug-likeness (QED) is 0.608. The highest BCUT2D eigenvalue weighted by Gasteiger charge is 2.36. The first-order valence-electron chi connectivity index (χ1n) is 11.2. The SMILES string of the molecule is COc1ccc(-c2noc(N3CCC(C(=O)NC(c4ccccn4)C4CC4)CC3)n2)cc1. The molecule has 1 aliphatic carbocycles. The fourth-order valence-corrected chi connectivity index (χ4v) is 4.23.